The van der Waals surface area contributed by atoms with Crippen molar-refractivity contribution in [2.24, 2.45) is 11.8 Å². The highest BCUT2D eigenvalue weighted by molar-refractivity contribution is 4.82. The van der Waals surface area contributed by atoms with E-state index >= 15 is 0 Å². The highest BCUT2D eigenvalue weighted by atomic mass is 14.2. The van der Waals surface area contributed by atoms with E-state index in [1.807, 2.05) is 0 Å². The summed E-state index contributed by atoms with van der Waals surface area (Å²) in [6, 6.07) is 0. The summed E-state index contributed by atoms with van der Waals surface area (Å²) in [6.45, 7) is 9.25. The molecular weight excluding hydrogens is 180 g/mol. The molecule has 0 nitrogen and oxygen atoms in total. The highest BCUT2D eigenvalue weighted by Crippen LogP contribution is 2.26. The molecule has 0 rings (SSSR count). The Bertz CT molecular complexity index is 111. The van der Waals surface area contributed by atoms with Crippen LogP contribution in [0.4, 0.5) is 0 Å². The van der Waals surface area contributed by atoms with Crippen LogP contribution in [-0.2, 0) is 0 Å². The minimum Gasteiger partial charge on any atom is -0.0654 e. The topological polar surface area (TPSA) is 0 Å². The molecule has 0 amide bonds. The van der Waals surface area contributed by atoms with Crippen molar-refractivity contribution in [2.45, 2.75) is 79.1 Å². The van der Waals surface area contributed by atoms with Crippen LogP contribution < -0.4 is 0 Å². The van der Waals surface area contributed by atoms with Gasteiger partial charge in [-0.1, -0.05) is 79.1 Å². The van der Waals surface area contributed by atoms with E-state index < -0.39 is 0 Å². The zero-order valence-electron chi connectivity index (χ0n) is 11.4. The van der Waals surface area contributed by atoms with Gasteiger partial charge in [-0.15, -0.1) is 0 Å². The molecule has 0 aliphatic heterocycles. The molecule has 0 heteroatoms. The predicted molar refractivity (Wildman–Crippen MR) is 70.9 cm³/mol. The minimum absolute atomic E-state index is 0.882. The van der Waals surface area contributed by atoms with E-state index in [9.17, 15) is 0 Å². The van der Waals surface area contributed by atoms with Crippen molar-refractivity contribution in [1.29, 1.82) is 0 Å². The molecule has 0 aliphatic carbocycles. The maximum absolute atomic E-state index is 2.67. The molecule has 1 unspecified atom stereocenters. The molecule has 0 aromatic carbocycles. The Hall–Kier alpha value is 0. The molecule has 0 saturated carbocycles. The maximum atomic E-state index is 2.67. The van der Waals surface area contributed by atoms with Crippen LogP contribution >= 0.6 is 0 Å². The Kier molecular flexibility index (Phi) is 10.5. The van der Waals surface area contributed by atoms with Gasteiger partial charge < -0.3 is 0 Å². The molecule has 0 heterocycles. The van der Waals surface area contributed by atoms with E-state index in [2.05, 4.69) is 34.1 Å². The lowest BCUT2D eigenvalue weighted by atomic mass is 9.84. The van der Waals surface area contributed by atoms with Gasteiger partial charge in [-0.2, -0.15) is 0 Å². The molecule has 15 heavy (non-hydrogen) atoms. The van der Waals surface area contributed by atoms with Gasteiger partial charge in [0.05, 0.1) is 0 Å². The molecule has 1 radical (unpaired) electrons. The molecular formula is C15H31. The van der Waals surface area contributed by atoms with Crippen molar-refractivity contribution < 1.29 is 0 Å². The standard InChI is InChI=1S/C15H31/c1-5-9-12-14(8-4)13-15(10-6-2)11-7-3/h13-15H,5-12H2,1-4H3. The molecule has 0 fully saturated rings. The van der Waals surface area contributed by atoms with E-state index in [1.54, 1.807) is 0 Å². The normalized spacial score (nSPS) is 13.4. The Morgan fingerprint density at radius 2 is 1.33 bits per heavy atom. The predicted octanol–water partition coefficient (Wildman–Crippen LogP) is 5.62. The van der Waals surface area contributed by atoms with Crippen molar-refractivity contribution in [2.75, 3.05) is 0 Å². The van der Waals surface area contributed by atoms with Crippen molar-refractivity contribution in [3.05, 3.63) is 6.42 Å². The third-order valence-corrected chi connectivity index (χ3v) is 3.32. The van der Waals surface area contributed by atoms with Crippen LogP contribution in [0.15, 0.2) is 0 Å². The average Bonchev–Trinajstić information content (AvgIpc) is 2.24. The zero-order valence-corrected chi connectivity index (χ0v) is 11.4. The van der Waals surface area contributed by atoms with E-state index in [4.69, 9.17) is 0 Å². The van der Waals surface area contributed by atoms with E-state index in [0.29, 0.717) is 0 Å². The highest BCUT2D eigenvalue weighted by Gasteiger charge is 2.13. The summed E-state index contributed by atoms with van der Waals surface area (Å²) in [4.78, 5) is 0. The first-order chi connectivity index (χ1) is 7.28. The Labute approximate surface area is 97.8 Å². The number of hydrogen-bond donors (Lipinski definition) is 0. The molecule has 0 saturated heterocycles. The van der Waals surface area contributed by atoms with Crippen LogP contribution in [0, 0.1) is 18.3 Å². The average molecular weight is 211 g/mol. The summed E-state index contributed by atoms with van der Waals surface area (Å²) in [5.74, 6) is 1.77. The van der Waals surface area contributed by atoms with Gasteiger partial charge in [0.25, 0.3) is 0 Å². The second-order valence-corrected chi connectivity index (χ2v) is 4.84. The first-order valence-corrected chi connectivity index (χ1v) is 7.13. The smallest absolute Gasteiger partial charge is 0.0324 e. The van der Waals surface area contributed by atoms with E-state index in [0.717, 1.165) is 11.8 Å². The van der Waals surface area contributed by atoms with Crippen LogP contribution in [0.1, 0.15) is 79.1 Å². The van der Waals surface area contributed by atoms with Gasteiger partial charge in [0, 0.05) is 0 Å². The van der Waals surface area contributed by atoms with Crippen molar-refractivity contribution in [3.63, 3.8) is 0 Å². The summed E-state index contributed by atoms with van der Waals surface area (Å²) >= 11 is 0. The van der Waals surface area contributed by atoms with Crippen molar-refractivity contribution in [3.8, 4) is 0 Å². The second-order valence-electron chi connectivity index (χ2n) is 4.84. The fourth-order valence-corrected chi connectivity index (χ4v) is 2.37. The molecule has 0 aliphatic rings. The molecule has 0 bridgehead atoms. The Morgan fingerprint density at radius 3 is 1.73 bits per heavy atom. The zero-order chi connectivity index (χ0) is 11.5. The molecule has 0 aromatic rings. The third-order valence-electron chi connectivity index (χ3n) is 3.32. The van der Waals surface area contributed by atoms with Gasteiger partial charge in [0.15, 0.2) is 0 Å². The monoisotopic (exact) mass is 211 g/mol. The van der Waals surface area contributed by atoms with Gasteiger partial charge in [-0.25, -0.2) is 0 Å². The first-order valence-electron chi connectivity index (χ1n) is 7.13. The molecule has 1 atom stereocenters. The number of unbranched alkanes of at least 4 members (excludes halogenated alkanes) is 1. The summed E-state index contributed by atoms with van der Waals surface area (Å²) in [5, 5.41) is 0. The molecule has 0 aromatic heterocycles. The number of rotatable bonds is 10. The van der Waals surface area contributed by atoms with Gasteiger partial charge >= 0.3 is 0 Å². The quantitative estimate of drug-likeness (QED) is 0.440. The van der Waals surface area contributed by atoms with Gasteiger partial charge in [-0.3, -0.25) is 0 Å². The lowest BCUT2D eigenvalue weighted by molar-refractivity contribution is 0.401. The molecule has 0 spiro atoms. The lowest BCUT2D eigenvalue weighted by Gasteiger charge is -2.21. The van der Waals surface area contributed by atoms with E-state index in [1.165, 1.54) is 51.4 Å². The summed E-state index contributed by atoms with van der Waals surface area (Å²) in [5.41, 5.74) is 0. The SMILES string of the molecule is CCCCC([CH]C(CCC)CCC)CC. The van der Waals surface area contributed by atoms with Crippen molar-refractivity contribution >= 4 is 0 Å². The minimum atomic E-state index is 0.882. The lowest BCUT2D eigenvalue weighted by Crippen LogP contribution is -2.09. The van der Waals surface area contributed by atoms with Crippen molar-refractivity contribution in [1.82, 2.24) is 0 Å². The molecule has 91 valence electrons. The fraction of sp³-hybridized carbons (Fsp3) is 0.933. The van der Waals surface area contributed by atoms with Gasteiger partial charge in [-0.05, 0) is 18.3 Å². The Balaban J connectivity index is 3.85. The van der Waals surface area contributed by atoms with Crippen LogP contribution in [-0.4, -0.2) is 0 Å². The number of hydrogen-bond acceptors (Lipinski definition) is 0. The maximum Gasteiger partial charge on any atom is -0.0324 e. The summed E-state index contributed by atoms with van der Waals surface area (Å²) in [7, 11) is 0. The van der Waals surface area contributed by atoms with E-state index in [-0.39, 0.29) is 0 Å². The third kappa shape index (κ3) is 7.88. The first kappa shape index (κ1) is 15.0. The summed E-state index contributed by atoms with van der Waals surface area (Å²) < 4.78 is 0. The Morgan fingerprint density at radius 1 is 0.733 bits per heavy atom. The molecule has 0 N–H and O–H groups in total. The van der Waals surface area contributed by atoms with Crippen LogP contribution in [0.5, 0.6) is 0 Å². The van der Waals surface area contributed by atoms with Gasteiger partial charge in [0.2, 0.25) is 0 Å². The summed E-state index contributed by atoms with van der Waals surface area (Å²) in [6.07, 6.45) is 13.6. The second kappa shape index (κ2) is 10.5. The van der Waals surface area contributed by atoms with Crippen LogP contribution in [0.3, 0.4) is 0 Å². The largest absolute Gasteiger partial charge is 0.0654 e. The van der Waals surface area contributed by atoms with Crippen LogP contribution in [0.25, 0.3) is 0 Å². The van der Waals surface area contributed by atoms with Crippen LogP contribution in [0.2, 0.25) is 0 Å². The fourth-order valence-electron chi connectivity index (χ4n) is 2.37. The van der Waals surface area contributed by atoms with Gasteiger partial charge in [0.1, 0.15) is 0 Å².